The highest BCUT2D eigenvalue weighted by atomic mass is 32.1. The Kier molecular flexibility index (Phi) is 4.35. The molecule has 0 bridgehead atoms. The van der Waals surface area contributed by atoms with Gasteiger partial charge >= 0.3 is 6.03 Å². The summed E-state index contributed by atoms with van der Waals surface area (Å²) in [6, 6.07) is 5.68. The summed E-state index contributed by atoms with van der Waals surface area (Å²) in [6.07, 6.45) is 6.56. The second-order valence-corrected chi connectivity index (χ2v) is 7.28. The molecule has 2 N–H and O–H groups in total. The average molecular weight is 356 g/mol. The summed E-state index contributed by atoms with van der Waals surface area (Å²) in [5.41, 5.74) is 3.41. The first-order valence-electron chi connectivity index (χ1n) is 8.51. The lowest BCUT2D eigenvalue weighted by atomic mass is 10.2. The number of aromatic nitrogens is 4. The molecule has 4 rings (SSSR count). The molecule has 1 saturated carbocycles. The normalized spacial score (nSPS) is 16.2. The fourth-order valence-electron chi connectivity index (χ4n) is 3.39. The lowest BCUT2D eigenvalue weighted by Gasteiger charge is -2.19. The molecule has 1 atom stereocenters. The molecule has 0 aliphatic heterocycles. The molecule has 3 aromatic rings. The van der Waals surface area contributed by atoms with E-state index >= 15 is 0 Å². The van der Waals surface area contributed by atoms with Crippen molar-refractivity contribution in [2.45, 2.75) is 44.7 Å². The number of nitrogens with one attached hydrogen (secondary N) is 2. The summed E-state index contributed by atoms with van der Waals surface area (Å²) in [6.45, 7) is 1.93. The lowest BCUT2D eigenvalue weighted by molar-refractivity contribution is 0.248. The van der Waals surface area contributed by atoms with E-state index in [1.54, 1.807) is 23.2 Å². The molecule has 1 aliphatic carbocycles. The summed E-state index contributed by atoms with van der Waals surface area (Å²) in [7, 11) is 0. The Morgan fingerprint density at radius 3 is 3.04 bits per heavy atom. The van der Waals surface area contributed by atoms with Gasteiger partial charge in [-0.3, -0.25) is 0 Å². The highest BCUT2D eigenvalue weighted by Gasteiger charge is 2.23. The minimum Gasteiger partial charge on any atom is -0.328 e. The van der Waals surface area contributed by atoms with Gasteiger partial charge < -0.3 is 15.2 Å². The van der Waals surface area contributed by atoms with E-state index < -0.39 is 0 Å². The van der Waals surface area contributed by atoms with E-state index in [1.165, 1.54) is 12.8 Å². The highest BCUT2D eigenvalue weighted by Crippen LogP contribution is 2.31. The van der Waals surface area contributed by atoms with Crippen molar-refractivity contribution in [1.82, 2.24) is 25.1 Å². The van der Waals surface area contributed by atoms with Gasteiger partial charge in [-0.05, 0) is 38.0 Å². The number of urea groups is 1. The van der Waals surface area contributed by atoms with Gasteiger partial charge in [-0.15, -0.1) is 21.5 Å². The number of rotatable bonds is 4. The van der Waals surface area contributed by atoms with E-state index in [4.69, 9.17) is 0 Å². The first-order valence-corrected chi connectivity index (χ1v) is 9.39. The van der Waals surface area contributed by atoms with Crippen LogP contribution in [0.2, 0.25) is 0 Å². The van der Waals surface area contributed by atoms with Gasteiger partial charge in [0.05, 0.1) is 21.8 Å². The largest absolute Gasteiger partial charge is 0.328 e. The van der Waals surface area contributed by atoms with Crippen molar-refractivity contribution in [3.05, 3.63) is 35.9 Å². The van der Waals surface area contributed by atoms with Gasteiger partial charge in [0.1, 0.15) is 6.33 Å². The topological polar surface area (TPSA) is 84.7 Å². The van der Waals surface area contributed by atoms with Crippen molar-refractivity contribution in [1.29, 1.82) is 0 Å². The monoisotopic (exact) mass is 356 g/mol. The molecule has 7 nitrogen and oxygen atoms in total. The summed E-state index contributed by atoms with van der Waals surface area (Å²) < 4.78 is 3.21. The Morgan fingerprint density at radius 1 is 1.36 bits per heavy atom. The molecular weight excluding hydrogens is 336 g/mol. The maximum absolute atomic E-state index is 12.3. The summed E-state index contributed by atoms with van der Waals surface area (Å²) in [5, 5.41) is 14.1. The molecule has 0 saturated heterocycles. The molecule has 8 heteroatoms. The van der Waals surface area contributed by atoms with E-state index in [2.05, 4.69) is 30.4 Å². The van der Waals surface area contributed by atoms with Gasteiger partial charge in [0.25, 0.3) is 0 Å². The number of hydrogen-bond acceptors (Lipinski definition) is 5. The Hall–Kier alpha value is -2.48. The van der Waals surface area contributed by atoms with Gasteiger partial charge in [-0.1, -0.05) is 12.8 Å². The van der Waals surface area contributed by atoms with E-state index in [0.29, 0.717) is 6.04 Å². The van der Waals surface area contributed by atoms with Gasteiger partial charge in [0.2, 0.25) is 0 Å². The molecule has 2 amide bonds. The number of nitrogens with zero attached hydrogens (tertiary/aromatic N) is 4. The van der Waals surface area contributed by atoms with Crippen molar-refractivity contribution in [3.63, 3.8) is 0 Å². The Labute approximate surface area is 149 Å². The van der Waals surface area contributed by atoms with Crippen molar-refractivity contribution in [2.75, 3.05) is 5.32 Å². The molecular formula is C17H20N6OS. The van der Waals surface area contributed by atoms with Crippen LogP contribution in [0, 0.1) is 0 Å². The first-order chi connectivity index (χ1) is 12.2. The van der Waals surface area contributed by atoms with Crippen LogP contribution >= 0.6 is 11.3 Å². The van der Waals surface area contributed by atoms with Crippen molar-refractivity contribution in [3.8, 4) is 0 Å². The third-order valence-electron chi connectivity index (χ3n) is 4.64. The van der Waals surface area contributed by atoms with Crippen molar-refractivity contribution < 1.29 is 4.79 Å². The highest BCUT2D eigenvalue weighted by molar-refractivity contribution is 7.16. The molecule has 2 heterocycles. The number of benzene rings is 1. The van der Waals surface area contributed by atoms with Crippen LogP contribution in [-0.2, 0) is 0 Å². The molecule has 25 heavy (non-hydrogen) atoms. The summed E-state index contributed by atoms with van der Waals surface area (Å²) >= 11 is 1.58. The number of amides is 2. The lowest BCUT2D eigenvalue weighted by Crippen LogP contribution is -2.32. The average Bonchev–Trinajstić information content (AvgIpc) is 3.34. The van der Waals surface area contributed by atoms with Gasteiger partial charge in [-0.2, -0.15) is 0 Å². The van der Waals surface area contributed by atoms with Gasteiger partial charge in [0.15, 0.2) is 5.82 Å². The molecule has 0 spiro atoms. The minimum absolute atomic E-state index is 0.217. The van der Waals surface area contributed by atoms with Gasteiger partial charge in [-0.25, -0.2) is 9.78 Å². The van der Waals surface area contributed by atoms with Crippen LogP contribution in [0.25, 0.3) is 10.2 Å². The Balaban J connectivity index is 1.42. The molecule has 1 fully saturated rings. The number of hydrogen-bond donors (Lipinski definition) is 2. The molecule has 0 radical (unpaired) electrons. The molecule has 130 valence electrons. The molecule has 1 aliphatic rings. The quantitative estimate of drug-likeness (QED) is 0.743. The van der Waals surface area contributed by atoms with E-state index in [-0.39, 0.29) is 12.1 Å². The number of fused-ring (bicyclic) bond motifs is 1. The minimum atomic E-state index is -0.261. The van der Waals surface area contributed by atoms with Crippen molar-refractivity contribution in [2.24, 2.45) is 0 Å². The standard InChI is InChI=1S/C17H20N6OS/c1-11(16-22-19-9-23(16)13-4-2-3-5-13)20-17(24)21-12-6-7-15-14(8-12)18-10-25-15/h6-11,13H,2-5H2,1H3,(H2,20,21,24)/t11-/m0/s1. The smallest absolute Gasteiger partial charge is 0.319 e. The Morgan fingerprint density at radius 2 is 2.20 bits per heavy atom. The molecule has 1 aromatic carbocycles. The maximum Gasteiger partial charge on any atom is 0.319 e. The molecule has 0 unspecified atom stereocenters. The van der Waals surface area contributed by atoms with Crippen LogP contribution in [0.4, 0.5) is 10.5 Å². The van der Waals surface area contributed by atoms with E-state index in [9.17, 15) is 4.79 Å². The van der Waals surface area contributed by atoms with Crippen LogP contribution in [0.15, 0.2) is 30.0 Å². The van der Waals surface area contributed by atoms with Gasteiger partial charge in [0, 0.05) is 11.7 Å². The van der Waals surface area contributed by atoms with E-state index in [0.717, 1.165) is 34.6 Å². The van der Waals surface area contributed by atoms with Crippen LogP contribution in [0.1, 0.15) is 50.5 Å². The van der Waals surface area contributed by atoms with Crippen LogP contribution in [0.3, 0.4) is 0 Å². The van der Waals surface area contributed by atoms with Crippen LogP contribution in [-0.4, -0.2) is 25.8 Å². The second-order valence-electron chi connectivity index (χ2n) is 6.39. The zero-order valence-electron chi connectivity index (χ0n) is 14.0. The number of carbonyl (C=O) groups excluding carboxylic acids is 1. The third kappa shape index (κ3) is 3.34. The fourth-order valence-corrected chi connectivity index (χ4v) is 4.05. The van der Waals surface area contributed by atoms with Crippen LogP contribution < -0.4 is 10.6 Å². The number of thiazole rings is 1. The van der Waals surface area contributed by atoms with Crippen LogP contribution in [0.5, 0.6) is 0 Å². The van der Waals surface area contributed by atoms with E-state index in [1.807, 2.05) is 25.1 Å². The predicted molar refractivity (Wildman–Crippen MR) is 97.7 cm³/mol. The summed E-state index contributed by atoms with van der Waals surface area (Å²) in [4.78, 5) is 16.6. The zero-order valence-corrected chi connectivity index (χ0v) is 14.8. The molecule has 2 aromatic heterocycles. The SMILES string of the molecule is C[C@H](NC(=O)Nc1ccc2scnc2c1)c1nncn1C1CCCC1. The predicted octanol–water partition coefficient (Wildman–Crippen LogP) is 3.89. The Bertz CT molecular complexity index is 882. The zero-order chi connectivity index (χ0) is 17.2. The number of carbonyl (C=O) groups is 1. The maximum atomic E-state index is 12.3. The first kappa shape index (κ1) is 16.0. The third-order valence-corrected chi connectivity index (χ3v) is 5.45. The van der Waals surface area contributed by atoms with Crippen molar-refractivity contribution >= 4 is 33.3 Å². The fraction of sp³-hybridized carbons (Fsp3) is 0.412. The summed E-state index contributed by atoms with van der Waals surface area (Å²) in [5.74, 6) is 0.803. The second kappa shape index (κ2) is 6.79. The number of anilines is 1.